The lowest BCUT2D eigenvalue weighted by Gasteiger charge is -2.13. The highest BCUT2D eigenvalue weighted by molar-refractivity contribution is 5.78. The second-order valence-corrected chi connectivity index (χ2v) is 3.78. The lowest BCUT2D eigenvalue weighted by Crippen LogP contribution is -2.11. The van der Waals surface area contributed by atoms with E-state index < -0.39 is 0 Å². The molecule has 0 aliphatic rings. The quantitative estimate of drug-likeness (QED) is 0.632. The van der Waals surface area contributed by atoms with Crippen molar-refractivity contribution < 1.29 is 9.53 Å². The van der Waals surface area contributed by atoms with Crippen molar-refractivity contribution in [2.24, 2.45) is 5.41 Å². The topological polar surface area (TPSA) is 50.1 Å². The molecule has 0 aromatic heterocycles. The van der Waals surface area contributed by atoms with Gasteiger partial charge in [-0.3, -0.25) is 4.79 Å². The Morgan fingerprint density at radius 3 is 2.54 bits per heavy atom. The van der Waals surface area contributed by atoms with Crippen LogP contribution in [0.1, 0.15) is 33.1 Å². The molecule has 0 aromatic rings. The summed E-state index contributed by atoms with van der Waals surface area (Å²) < 4.78 is 4.78. The van der Waals surface area contributed by atoms with E-state index in [0.717, 1.165) is 0 Å². The summed E-state index contributed by atoms with van der Waals surface area (Å²) in [6, 6.07) is 2.17. The molecule has 0 radical (unpaired) electrons. The van der Waals surface area contributed by atoms with Gasteiger partial charge in [-0.25, -0.2) is 0 Å². The highest BCUT2D eigenvalue weighted by Crippen LogP contribution is 2.20. The molecule has 0 fully saturated rings. The van der Waals surface area contributed by atoms with Crippen LogP contribution in [0.3, 0.4) is 0 Å². The normalized spacial score (nSPS) is 10.9. The standard InChI is InChI=1S/C10H17NO2/c1-10(2,8-11)6-4-9(12)5-7-13-3/h4-7H2,1-3H3. The van der Waals surface area contributed by atoms with E-state index in [2.05, 4.69) is 6.07 Å². The summed E-state index contributed by atoms with van der Waals surface area (Å²) in [6.07, 6.45) is 1.56. The molecule has 0 N–H and O–H groups in total. The first kappa shape index (κ1) is 12.1. The van der Waals surface area contributed by atoms with E-state index >= 15 is 0 Å². The SMILES string of the molecule is COCCC(=O)CCC(C)(C)C#N. The first-order chi connectivity index (χ1) is 6.02. The molecule has 3 nitrogen and oxygen atoms in total. The smallest absolute Gasteiger partial charge is 0.135 e. The molecule has 0 aliphatic carbocycles. The minimum absolute atomic E-state index is 0.171. The van der Waals surface area contributed by atoms with Crippen LogP contribution in [0.15, 0.2) is 0 Å². The molecule has 74 valence electrons. The van der Waals surface area contributed by atoms with E-state index in [1.165, 1.54) is 0 Å². The van der Waals surface area contributed by atoms with Gasteiger partial charge in [-0.2, -0.15) is 5.26 Å². The Balaban J connectivity index is 3.65. The monoisotopic (exact) mass is 183 g/mol. The summed E-state index contributed by atoms with van der Waals surface area (Å²) >= 11 is 0. The summed E-state index contributed by atoms with van der Waals surface area (Å²) in [6.45, 7) is 4.17. The van der Waals surface area contributed by atoms with Crippen molar-refractivity contribution in [3.8, 4) is 6.07 Å². The molecule has 13 heavy (non-hydrogen) atoms. The van der Waals surface area contributed by atoms with Gasteiger partial charge in [-0.1, -0.05) is 0 Å². The molecule has 0 rings (SSSR count). The fourth-order valence-electron chi connectivity index (χ4n) is 0.849. The van der Waals surface area contributed by atoms with Crippen molar-refractivity contribution in [2.75, 3.05) is 13.7 Å². The van der Waals surface area contributed by atoms with Gasteiger partial charge in [0.2, 0.25) is 0 Å². The average molecular weight is 183 g/mol. The van der Waals surface area contributed by atoms with E-state index in [0.29, 0.717) is 25.9 Å². The Hall–Kier alpha value is -0.880. The number of hydrogen-bond acceptors (Lipinski definition) is 3. The van der Waals surface area contributed by atoms with Crippen molar-refractivity contribution in [2.45, 2.75) is 33.1 Å². The van der Waals surface area contributed by atoms with Gasteiger partial charge in [-0.05, 0) is 20.3 Å². The summed E-state index contributed by atoms with van der Waals surface area (Å²) in [4.78, 5) is 11.2. The Bertz CT molecular complexity index is 203. The molecular weight excluding hydrogens is 166 g/mol. The van der Waals surface area contributed by atoms with Crippen LogP contribution < -0.4 is 0 Å². The van der Waals surface area contributed by atoms with Gasteiger partial charge in [0.1, 0.15) is 5.78 Å². The maximum atomic E-state index is 11.2. The number of ether oxygens (including phenoxy) is 1. The minimum Gasteiger partial charge on any atom is -0.384 e. The third kappa shape index (κ3) is 6.30. The zero-order chi connectivity index (χ0) is 10.3. The Kier molecular flexibility index (Phi) is 5.33. The Morgan fingerprint density at radius 1 is 1.46 bits per heavy atom. The average Bonchev–Trinajstić information content (AvgIpc) is 2.11. The molecule has 0 aromatic carbocycles. The van der Waals surface area contributed by atoms with Crippen LogP contribution in [0.4, 0.5) is 0 Å². The van der Waals surface area contributed by atoms with E-state index in [9.17, 15) is 4.79 Å². The number of hydrogen-bond donors (Lipinski definition) is 0. The molecule has 0 aliphatic heterocycles. The third-order valence-electron chi connectivity index (χ3n) is 1.92. The van der Waals surface area contributed by atoms with Gasteiger partial charge in [0, 0.05) is 20.0 Å². The molecule has 0 saturated carbocycles. The van der Waals surface area contributed by atoms with Gasteiger partial charge in [0.25, 0.3) is 0 Å². The number of methoxy groups -OCH3 is 1. The zero-order valence-electron chi connectivity index (χ0n) is 8.59. The molecule has 0 bridgehead atoms. The molecule has 0 amide bonds. The van der Waals surface area contributed by atoms with Gasteiger partial charge < -0.3 is 4.74 Å². The number of ketones is 1. The van der Waals surface area contributed by atoms with Crippen LogP contribution >= 0.6 is 0 Å². The maximum Gasteiger partial charge on any atom is 0.135 e. The van der Waals surface area contributed by atoms with Crippen LogP contribution in [-0.2, 0) is 9.53 Å². The number of carbonyl (C=O) groups excluding carboxylic acids is 1. The van der Waals surface area contributed by atoms with E-state index in [-0.39, 0.29) is 11.2 Å². The fourth-order valence-corrected chi connectivity index (χ4v) is 0.849. The lowest BCUT2D eigenvalue weighted by atomic mass is 9.88. The number of carbonyl (C=O) groups is 1. The van der Waals surface area contributed by atoms with E-state index in [4.69, 9.17) is 10.00 Å². The highest BCUT2D eigenvalue weighted by atomic mass is 16.5. The molecular formula is C10H17NO2. The summed E-state index contributed by atoms with van der Waals surface area (Å²) in [5.41, 5.74) is -0.386. The third-order valence-corrected chi connectivity index (χ3v) is 1.92. The van der Waals surface area contributed by atoms with Crippen LogP contribution in [0.2, 0.25) is 0 Å². The van der Waals surface area contributed by atoms with Gasteiger partial charge in [0.15, 0.2) is 0 Å². The predicted molar refractivity (Wildman–Crippen MR) is 50.1 cm³/mol. The largest absolute Gasteiger partial charge is 0.384 e. The van der Waals surface area contributed by atoms with Crippen LogP contribution in [0.5, 0.6) is 0 Å². The molecule has 0 unspecified atom stereocenters. The molecule has 0 heterocycles. The Morgan fingerprint density at radius 2 is 2.08 bits per heavy atom. The van der Waals surface area contributed by atoms with Crippen molar-refractivity contribution in [3.05, 3.63) is 0 Å². The van der Waals surface area contributed by atoms with Gasteiger partial charge in [-0.15, -0.1) is 0 Å². The van der Waals surface area contributed by atoms with Crippen LogP contribution in [0.25, 0.3) is 0 Å². The summed E-state index contributed by atoms with van der Waals surface area (Å²) in [5, 5.41) is 8.70. The Labute approximate surface area is 79.7 Å². The fraction of sp³-hybridized carbons (Fsp3) is 0.800. The molecule has 0 spiro atoms. The van der Waals surface area contributed by atoms with E-state index in [1.807, 2.05) is 13.8 Å². The highest BCUT2D eigenvalue weighted by Gasteiger charge is 2.17. The van der Waals surface area contributed by atoms with Crippen molar-refractivity contribution in [3.63, 3.8) is 0 Å². The van der Waals surface area contributed by atoms with E-state index in [1.54, 1.807) is 7.11 Å². The zero-order valence-corrected chi connectivity index (χ0v) is 8.59. The van der Waals surface area contributed by atoms with Gasteiger partial charge in [0.05, 0.1) is 18.1 Å². The maximum absolute atomic E-state index is 11.2. The number of nitrogens with zero attached hydrogens (tertiary/aromatic N) is 1. The van der Waals surface area contributed by atoms with Crippen LogP contribution in [0, 0.1) is 16.7 Å². The first-order valence-electron chi connectivity index (χ1n) is 4.44. The molecule has 3 heteroatoms. The first-order valence-corrected chi connectivity index (χ1v) is 4.44. The number of Topliss-reactive ketones (excluding diaryl/α,β-unsaturated/α-hetero) is 1. The molecule has 0 saturated heterocycles. The lowest BCUT2D eigenvalue weighted by molar-refractivity contribution is -0.120. The van der Waals surface area contributed by atoms with Crippen LogP contribution in [-0.4, -0.2) is 19.5 Å². The summed E-state index contributed by atoms with van der Waals surface area (Å²) in [5.74, 6) is 0.171. The second-order valence-electron chi connectivity index (χ2n) is 3.78. The van der Waals surface area contributed by atoms with Crippen molar-refractivity contribution in [1.82, 2.24) is 0 Å². The number of rotatable bonds is 6. The second kappa shape index (κ2) is 5.71. The molecule has 0 atom stereocenters. The number of nitriles is 1. The van der Waals surface area contributed by atoms with Crippen molar-refractivity contribution in [1.29, 1.82) is 5.26 Å². The summed E-state index contributed by atoms with van der Waals surface area (Å²) in [7, 11) is 1.58. The van der Waals surface area contributed by atoms with Crippen molar-refractivity contribution >= 4 is 5.78 Å². The predicted octanol–water partition coefficient (Wildman–Crippen LogP) is 1.92. The minimum atomic E-state index is -0.386. The van der Waals surface area contributed by atoms with Gasteiger partial charge >= 0.3 is 0 Å².